The number of aryl methyl sites for hydroxylation is 1. The van der Waals surface area contributed by atoms with Crippen molar-refractivity contribution < 1.29 is 4.79 Å². The summed E-state index contributed by atoms with van der Waals surface area (Å²) in [4.78, 5) is 13.7. The summed E-state index contributed by atoms with van der Waals surface area (Å²) in [5.41, 5.74) is 8.32. The normalized spacial score (nSPS) is 12.6. The van der Waals surface area contributed by atoms with E-state index in [9.17, 15) is 4.79 Å². The van der Waals surface area contributed by atoms with Gasteiger partial charge in [-0.3, -0.25) is 4.79 Å². The fourth-order valence-corrected chi connectivity index (χ4v) is 1.77. The molecule has 2 N–H and O–H groups in total. The average molecular weight is 248 g/mol. The number of amides is 1. The van der Waals surface area contributed by atoms with Crippen molar-refractivity contribution in [2.24, 2.45) is 11.7 Å². The van der Waals surface area contributed by atoms with E-state index in [2.05, 4.69) is 31.2 Å². The lowest BCUT2D eigenvalue weighted by Crippen LogP contribution is -2.44. The Morgan fingerprint density at radius 3 is 2.17 bits per heavy atom. The molecule has 1 rings (SSSR count). The summed E-state index contributed by atoms with van der Waals surface area (Å²) in [6, 6.07) is 7.95. The van der Waals surface area contributed by atoms with Crippen LogP contribution in [0.25, 0.3) is 0 Å². The van der Waals surface area contributed by atoms with E-state index in [0.29, 0.717) is 6.54 Å². The predicted molar refractivity (Wildman–Crippen MR) is 75.1 cm³/mol. The van der Waals surface area contributed by atoms with Gasteiger partial charge >= 0.3 is 0 Å². The van der Waals surface area contributed by atoms with E-state index >= 15 is 0 Å². The third-order valence-corrected chi connectivity index (χ3v) is 3.23. The Bertz CT molecular complexity index is 384. The molecule has 3 nitrogen and oxygen atoms in total. The average Bonchev–Trinajstić information content (AvgIpc) is 2.37. The molecular formula is C15H24N2O. The second kappa shape index (κ2) is 6.55. The number of nitrogens with two attached hydrogens (primary N) is 1. The van der Waals surface area contributed by atoms with E-state index in [-0.39, 0.29) is 11.8 Å². The number of nitrogens with zero attached hydrogens (tertiary/aromatic N) is 1. The van der Waals surface area contributed by atoms with Crippen LogP contribution in [0.2, 0.25) is 0 Å². The molecule has 100 valence electrons. The minimum Gasteiger partial charge on any atom is -0.340 e. The first kappa shape index (κ1) is 14.7. The molecule has 0 fully saturated rings. The van der Waals surface area contributed by atoms with E-state index in [4.69, 9.17) is 5.73 Å². The summed E-state index contributed by atoms with van der Waals surface area (Å²) in [5, 5.41) is 0. The van der Waals surface area contributed by atoms with Crippen molar-refractivity contribution in [3.8, 4) is 0 Å². The second-order valence-corrected chi connectivity index (χ2v) is 5.13. The molecule has 0 heterocycles. The van der Waals surface area contributed by atoms with Crippen molar-refractivity contribution in [2.45, 2.75) is 39.8 Å². The van der Waals surface area contributed by atoms with Gasteiger partial charge in [-0.05, 0) is 23.5 Å². The number of carbonyl (C=O) groups is 1. The van der Waals surface area contributed by atoms with Gasteiger partial charge in [-0.25, -0.2) is 0 Å². The van der Waals surface area contributed by atoms with Gasteiger partial charge in [0, 0.05) is 13.6 Å². The second-order valence-electron chi connectivity index (χ2n) is 5.13. The Morgan fingerprint density at radius 2 is 1.72 bits per heavy atom. The molecule has 1 atom stereocenters. The van der Waals surface area contributed by atoms with Crippen molar-refractivity contribution in [2.75, 3.05) is 7.05 Å². The molecule has 0 aliphatic heterocycles. The third-order valence-electron chi connectivity index (χ3n) is 3.23. The minimum atomic E-state index is -0.412. The summed E-state index contributed by atoms with van der Waals surface area (Å²) < 4.78 is 0. The topological polar surface area (TPSA) is 46.3 Å². The molecule has 0 radical (unpaired) electrons. The van der Waals surface area contributed by atoms with Gasteiger partial charge in [-0.2, -0.15) is 0 Å². The van der Waals surface area contributed by atoms with E-state index < -0.39 is 6.04 Å². The molecule has 0 aliphatic rings. The standard InChI is InChI=1S/C15H24N2O/c1-5-12-6-8-13(9-7-12)10-17(4)15(18)14(16)11(2)3/h6-9,11,14H,5,10,16H2,1-4H3/t14-/m0/s1. The van der Waals surface area contributed by atoms with Crippen molar-refractivity contribution in [3.63, 3.8) is 0 Å². The highest BCUT2D eigenvalue weighted by atomic mass is 16.2. The Labute approximate surface area is 110 Å². The van der Waals surface area contributed by atoms with Crippen LogP contribution < -0.4 is 5.73 Å². The number of likely N-dealkylation sites (N-methyl/N-ethyl adjacent to an activating group) is 1. The maximum atomic E-state index is 12.0. The zero-order chi connectivity index (χ0) is 13.7. The molecular weight excluding hydrogens is 224 g/mol. The molecule has 0 saturated carbocycles. The zero-order valence-corrected chi connectivity index (χ0v) is 11.8. The summed E-state index contributed by atoms with van der Waals surface area (Å²) in [6.45, 7) is 6.68. The fourth-order valence-electron chi connectivity index (χ4n) is 1.77. The van der Waals surface area contributed by atoms with Crippen LogP contribution in [0, 0.1) is 5.92 Å². The van der Waals surface area contributed by atoms with Gasteiger partial charge in [0.25, 0.3) is 0 Å². The summed E-state index contributed by atoms with van der Waals surface area (Å²) in [5.74, 6) is 0.173. The molecule has 0 bridgehead atoms. The van der Waals surface area contributed by atoms with Crippen LogP contribution in [-0.4, -0.2) is 23.9 Å². The van der Waals surface area contributed by atoms with Crippen molar-refractivity contribution >= 4 is 5.91 Å². The van der Waals surface area contributed by atoms with Gasteiger partial charge in [-0.1, -0.05) is 45.0 Å². The Morgan fingerprint density at radius 1 is 1.22 bits per heavy atom. The zero-order valence-electron chi connectivity index (χ0n) is 11.8. The van der Waals surface area contributed by atoms with Gasteiger partial charge in [0.15, 0.2) is 0 Å². The van der Waals surface area contributed by atoms with Gasteiger partial charge < -0.3 is 10.6 Å². The highest BCUT2D eigenvalue weighted by molar-refractivity contribution is 5.81. The molecule has 0 spiro atoms. The van der Waals surface area contributed by atoms with Crippen LogP contribution in [-0.2, 0) is 17.8 Å². The number of carbonyl (C=O) groups excluding carboxylic acids is 1. The molecule has 3 heteroatoms. The van der Waals surface area contributed by atoms with Crippen LogP contribution in [0.4, 0.5) is 0 Å². The largest absolute Gasteiger partial charge is 0.340 e. The molecule has 1 aromatic rings. The monoisotopic (exact) mass is 248 g/mol. The minimum absolute atomic E-state index is 0.00423. The van der Waals surface area contributed by atoms with Crippen LogP contribution >= 0.6 is 0 Å². The lowest BCUT2D eigenvalue weighted by atomic mass is 10.0. The molecule has 18 heavy (non-hydrogen) atoms. The maximum Gasteiger partial charge on any atom is 0.239 e. The van der Waals surface area contributed by atoms with Crippen molar-refractivity contribution in [1.29, 1.82) is 0 Å². The molecule has 0 aliphatic carbocycles. The first-order valence-electron chi connectivity index (χ1n) is 6.54. The maximum absolute atomic E-state index is 12.0. The van der Waals surface area contributed by atoms with E-state index in [1.165, 1.54) is 5.56 Å². The summed E-state index contributed by atoms with van der Waals surface area (Å²) in [7, 11) is 1.80. The smallest absolute Gasteiger partial charge is 0.239 e. The van der Waals surface area contributed by atoms with Gasteiger partial charge in [0.05, 0.1) is 6.04 Å². The molecule has 0 unspecified atom stereocenters. The Kier molecular flexibility index (Phi) is 5.35. The van der Waals surface area contributed by atoms with E-state index in [0.717, 1.165) is 12.0 Å². The number of hydrogen-bond donors (Lipinski definition) is 1. The number of rotatable bonds is 5. The first-order chi connectivity index (χ1) is 8.45. The Hall–Kier alpha value is -1.35. The molecule has 0 aromatic heterocycles. The fraction of sp³-hybridized carbons (Fsp3) is 0.533. The highest BCUT2D eigenvalue weighted by Gasteiger charge is 2.20. The lowest BCUT2D eigenvalue weighted by Gasteiger charge is -2.23. The van der Waals surface area contributed by atoms with Gasteiger partial charge in [0.2, 0.25) is 5.91 Å². The Balaban J connectivity index is 2.63. The summed E-state index contributed by atoms with van der Waals surface area (Å²) in [6.07, 6.45) is 1.03. The van der Waals surface area contributed by atoms with Crippen molar-refractivity contribution in [3.05, 3.63) is 35.4 Å². The predicted octanol–water partition coefficient (Wildman–Crippen LogP) is 2.19. The lowest BCUT2D eigenvalue weighted by molar-refractivity contribution is -0.132. The molecule has 1 aromatic carbocycles. The first-order valence-corrected chi connectivity index (χ1v) is 6.54. The van der Waals surface area contributed by atoms with Crippen LogP contribution in [0.5, 0.6) is 0 Å². The van der Waals surface area contributed by atoms with Crippen LogP contribution in [0.3, 0.4) is 0 Å². The van der Waals surface area contributed by atoms with Crippen LogP contribution in [0.1, 0.15) is 31.9 Å². The molecule has 1 amide bonds. The summed E-state index contributed by atoms with van der Waals surface area (Å²) >= 11 is 0. The van der Waals surface area contributed by atoms with E-state index in [1.54, 1.807) is 11.9 Å². The van der Waals surface area contributed by atoms with Gasteiger partial charge in [0.1, 0.15) is 0 Å². The number of hydrogen-bond acceptors (Lipinski definition) is 2. The number of benzene rings is 1. The molecule has 0 saturated heterocycles. The highest BCUT2D eigenvalue weighted by Crippen LogP contribution is 2.09. The third kappa shape index (κ3) is 3.84. The van der Waals surface area contributed by atoms with Crippen molar-refractivity contribution in [1.82, 2.24) is 4.90 Å². The SMILES string of the molecule is CCc1ccc(CN(C)C(=O)[C@@H](N)C(C)C)cc1. The quantitative estimate of drug-likeness (QED) is 0.868. The van der Waals surface area contributed by atoms with Crippen LogP contribution in [0.15, 0.2) is 24.3 Å². The van der Waals surface area contributed by atoms with Gasteiger partial charge in [-0.15, -0.1) is 0 Å². The van der Waals surface area contributed by atoms with E-state index in [1.807, 2.05) is 13.8 Å².